The molecule has 7 atom stereocenters. The lowest BCUT2D eigenvalue weighted by Crippen LogP contribution is -2.59. The Bertz CT molecular complexity index is 872. The van der Waals surface area contributed by atoms with Gasteiger partial charge in [0, 0.05) is 11.8 Å². The first-order valence-corrected chi connectivity index (χ1v) is 11.0. The Balaban J connectivity index is 1.61. The number of hydrogen-bond acceptors (Lipinski definition) is 4. The molecule has 5 rings (SSSR count). The van der Waals surface area contributed by atoms with Gasteiger partial charge in [0.25, 0.3) is 0 Å². The van der Waals surface area contributed by atoms with E-state index in [0.717, 1.165) is 12.8 Å². The average molecular weight is 403 g/mol. The van der Waals surface area contributed by atoms with E-state index in [1.54, 1.807) is 13.0 Å². The smallest absolute Gasteiger partial charge is 0.164 e. The van der Waals surface area contributed by atoms with Crippen molar-refractivity contribution in [3.63, 3.8) is 0 Å². The number of allylic oxidation sites excluding steroid dienone is 4. The van der Waals surface area contributed by atoms with Crippen molar-refractivity contribution in [3.05, 3.63) is 23.6 Å². The molecule has 4 nitrogen and oxygen atoms in total. The van der Waals surface area contributed by atoms with Crippen LogP contribution in [0.15, 0.2) is 23.6 Å². The molecule has 0 amide bonds. The van der Waals surface area contributed by atoms with Crippen LogP contribution in [0.5, 0.6) is 0 Å². The summed E-state index contributed by atoms with van der Waals surface area (Å²) in [5, 5.41) is 0. The van der Waals surface area contributed by atoms with E-state index < -0.39 is 16.8 Å². The topological polar surface area (TPSA) is 52.6 Å². The summed E-state index contributed by atoms with van der Waals surface area (Å²) < 4.78 is 27.9. The monoisotopic (exact) mass is 402 g/mol. The van der Waals surface area contributed by atoms with E-state index >= 15 is 4.39 Å². The lowest BCUT2D eigenvalue weighted by atomic mass is 9.47. The minimum Gasteiger partial charge on any atom is -0.344 e. The summed E-state index contributed by atoms with van der Waals surface area (Å²) in [6.45, 7) is 9.65. The predicted octanol–water partition coefficient (Wildman–Crippen LogP) is 4.68. The molecule has 1 saturated heterocycles. The molecule has 0 aromatic heterocycles. The number of Topliss-reactive ketones (excluding diaryl/α,β-unsaturated/α-hetero) is 1. The Kier molecular flexibility index (Phi) is 3.84. The Hall–Kier alpha value is -1.33. The molecule has 0 spiro atoms. The molecule has 2 saturated carbocycles. The van der Waals surface area contributed by atoms with Gasteiger partial charge in [-0.3, -0.25) is 9.59 Å². The van der Waals surface area contributed by atoms with Gasteiger partial charge in [0.2, 0.25) is 0 Å². The second kappa shape index (κ2) is 5.67. The highest BCUT2D eigenvalue weighted by molar-refractivity contribution is 5.92. The highest BCUT2D eigenvalue weighted by Gasteiger charge is 2.75. The van der Waals surface area contributed by atoms with E-state index in [0.29, 0.717) is 24.8 Å². The molecule has 0 aromatic carbocycles. The molecular weight excluding hydrogens is 371 g/mol. The fourth-order valence-corrected chi connectivity index (χ4v) is 7.83. The van der Waals surface area contributed by atoms with Crippen molar-refractivity contribution in [1.82, 2.24) is 0 Å². The molecule has 1 heterocycles. The molecule has 1 aliphatic heterocycles. The van der Waals surface area contributed by atoms with E-state index in [4.69, 9.17) is 9.47 Å². The van der Waals surface area contributed by atoms with Crippen LogP contribution in [-0.4, -0.2) is 29.1 Å². The minimum absolute atomic E-state index is 0.0202. The van der Waals surface area contributed by atoms with Crippen molar-refractivity contribution in [2.75, 3.05) is 0 Å². The first kappa shape index (κ1) is 19.6. The molecule has 0 aromatic rings. The maximum absolute atomic E-state index is 15.3. The Morgan fingerprint density at radius 3 is 2.59 bits per heavy atom. The maximum Gasteiger partial charge on any atom is 0.164 e. The van der Waals surface area contributed by atoms with Crippen LogP contribution in [0, 0.1) is 28.6 Å². The molecule has 0 bridgehead atoms. The summed E-state index contributed by atoms with van der Waals surface area (Å²) in [4.78, 5) is 25.0. The highest BCUT2D eigenvalue weighted by Crippen LogP contribution is 2.70. The van der Waals surface area contributed by atoms with E-state index in [1.807, 2.05) is 13.8 Å². The zero-order valence-corrected chi connectivity index (χ0v) is 18.0. The van der Waals surface area contributed by atoms with Crippen LogP contribution >= 0.6 is 0 Å². The molecule has 0 N–H and O–H groups in total. The van der Waals surface area contributed by atoms with Crippen molar-refractivity contribution < 1.29 is 23.5 Å². The Morgan fingerprint density at radius 1 is 1.17 bits per heavy atom. The van der Waals surface area contributed by atoms with Crippen LogP contribution in [0.3, 0.4) is 0 Å². The second-order valence-corrected chi connectivity index (χ2v) is 10.8. The van der Waals surface area contributed by atoms with Crippen molar-refractivity contribution in [2.45, 2.75) is 84.2 Å². The van der Waals surface area contributed by atoms with Gasteiger partial charge < -0.3 is 9.47 Å². The Morgan fingerprint density at radius 2 is 1.90 bits per heavy atom. The van der Waals surface area contributed by atoms with E-state index in [-0.39, 0.29) is 46.7 Å². The van der Waals surface area contributed by atoms with Gasteiger partial charge in [-0.2, -0.15) is 0 Å². The SMILES string of the molecule is CC(=O)[C@@]12OC(C)(C)O[C@H]1C[C@H]1[C@@H]3C=C(F)C4=CC(=O)CC[C@]4(C)[C@H]3CC[C@@]12C. The molecule has 3 fully saturated rings. The fourth-order valence-electron chi connectivity index (χ4n) is 7.83. The largest absolute Gasteiger partial charge is 0.344 e. The third-order valence-electron chi connectivity index (χ3n) is 9.07. The summed E-state index contributed by atoms with van der Waals surface area (Å²) in [5.41, 5.74) is -1.08. The van der Waals surface area contributed by atoms with Gasteiger partial charge in [-0.25, -0.2) is 4.39 Å². The highest BCUT2D eigenvalue weighted by atomic mass is 19.1. The predicted molar refractivity (Wildman–Crippen MR) is 105 cm³/mol. The van der Waals surface area contributed by atoms with Crippen LogP contribution in [-0.2, 0) is 19.1 Å². The summed E-state index contributed by atoms with van der Waals surface area (Å²) >= 11 is 0. The fraction of sp³-hybridized carbons (Fsp3) is 0.750. The van der Waals surface area contributed by atoms with Gasteiger partial charge in [-0.05, 0) is 87.3 Å². The van der Waals surface area contributed by atoms with Crippen molar-refractivity contribution >= 4 is 11.6 Å². The number of ether oxygens (including phenoxy) is 2. The van der Waals surface area contributed by atoms with Crippen LogP contribution in [0.1, 0.15) is 66.7 Å². The first-order valence-electron chi connectivity index (χ1n) is 11.0. The molecule has 5 aliphatic rings. The molecule has 4 aliphatic carbocycles. The number of carbonyl (C=O) groups excluding carboxylic acids is 2. The van der Waals surface area contributed by atoms with Crippen LogP contribution in [0.4, 0.5) is 4.39 Å². The summed E-state index contributed by atoms with van der Waals surface area (Å²) in [7, 11) is 0. The zero-order valence-electron chi connectivity index (χ0n) is 18.0. The maximum atomic E-state index is 15.3. The first-order chi connectivity index (χ1) is 13.4. The lowest BCUT2D eigenvalue weighted by molar-refractivity contribution is -0.211. The van der Waals surface area contributed by atoms with Crippen LogP contribution in [0.2, 0.25) is 0 Å². The van der Waals surface area contributed by atoms with Gasteiger partial charge in [0.05, 0.1) is 6.10 Å². The van der Waals surface area contributed by atoms with E-state index in [9.17, 15) is 9.59 Å². The average Bonchev–Trinajstić information content (AvgIpc) is 3.03. The van der Waals surface area contributed by atoms with Crippen LogP contribution < -0.4 is 0 Å². The number of carbonyl (C=O) groups is 2. The third-order valence-corrected chi connectivity index (χ3v) is 9.07. The third kappa shape index (κ3) is 2.26. The lowest BCUT2D eigenvalue weighted by Gasteiger charge is -2.57. The standard InChI is InChI=1S/C24H31FO4/c1-13(26)24-20(28-21(2,3)29-24)12-17-15-11-19(25)18-10-14(27)6-8-22(18,4)16(15)7-9-23(17,24)5/h10-11,15-17,20H,6-9,12H2,1-5H3/t15-,16+,17+,20+,22-,23+,24-/m1/s1. The molecule has 0 radical (unpaired) electrons. The molecule has 5 heteroatoms. The van der Waals surface area contributed by atoms with Crippen molar-refractivity contribution in [2.24, 2.45) is 28.6 Å². The number of halogens is 1. The molecular formula is C24H31FO4. The minimum atomic E-state index is -0.962. The summed E-state index contributed by atoms with van der Waals surface area (Å²) in [6, 6.07) is 0. The van der Waals surface area contributed by atoms with E-state index in [1.165, 1.54) is 6.08 Å². The summed E-state index contributed by atoms with van der Waals surface area (Å²) in [6.07, 6.45) is 6.63. The molecule has 29 heavy (non-hydrogen) atoms. The number of ketones is 2. The van der Waals surface area contributed by atoms with E-state index in [2.05, 4.69) is 13.8 Å². The van der Waals surface area contributed by atoms with Gasteiger partial charge in [-0.15, -0.1) is 0 Å². The van der Waals surface area contributed by atoms with Gasteiger partial charge in [-0.1, -0.05) is 13.8 Å². The van der Waals surface area contributed by atoms with Gasteiger partial charge in [0.1, 0.15) is 5.83 Å². The van der Waals surface area contributed by atoms with Crippen LogP contribution in [0.25, 0.3) is 0 Å². The number of fused-ring (bicyclic) bond motifs is 7. The summed E-state index contributed by atoms with van der Waals surface area (Å²) in [5.74, 6) is -0.575. The van der Waals surface area contributed by atoms with Gasteiger partial charge >= 0.3 is 0 Å². The number of hydrogen-bond donors (Lipinski definition) is 0. The van der Waals surface area contributed by atoms with Gasteiger partial charge in [0.15, 0.2) is 23.0 Å². The van der Waals surface area contributed by atoms with Crippen molar-refractivity contribution in [1.29, 1.82) is 0 Å². The second-order valence-electron chi connectivity index (χ2n) is 10.8. The molecule has 158 valence electrons. The number of rotatable bonds is 1. The zero-order chi connectivity index (χ0) is 21.0. The molecule has 0 unspecified atom stereocenters. The quantitative estimate of drug-likeness (QED) is 0.639. The van der Waals surface area contributed by atoms with Crippen molar-refractivity contribution in [3.8, 4) is 0 Å². The Labute approximate surface area is 171 Å². The normalized spacial score (nSPS) is 50.1.